The van der Waals surface area contributed by atoms with Gasteiger partial charge in [0.1, 0.15) is 0 Å². The molecule has 0 amide bonds. The van der Waals surface area contributed by atoms with E-state index in [0.29, 0.717) is 12.1 Å². The Hall–Kier alpha value is -1.12. The Morgan fingerprint density at radius 3 is 2.46 bits per heavy atom. The average molecular weight is 486 g/mol. The minimum Gasteiger partial charge on any atom is -0.354 e. The first-order valence-corrected chi connectivity index (χ1v) is 9.69. The lowest BCUT2D eigenvalue weighted by Gasteiger charge is -2.25. The fourth-order valence-corrected chi connectivity index (χ4v) is 3.66. The van der Waals surface area contributed by atoms with Gasteiger partial charge in [0, 0.05) is 24.5 Å². The molecule has 2 aromatic rings. The van der Waals surface area contributed by atoms with Crippen molar-refractivity contribution in [1.29, 1.82) is 0 Å². The topological polar surface area (TPSA) is 39.7 Å². The van der Waals surface area contributed by atoms with Gasteiger partial charge in [-0.2, -0.15) is 0 Å². The predicted molar refractivity (Wildman–Crippen MR) is 125 cm³/mol. The molecular formula is C20H31IN4S. The number of nitrogens with one attached hydrogen (secondary N) is 2. The van der Waals surface area contributed by atoms with Gasteiger partial charge in [0.2, 0.25) is 0 Å². The average Bonchev–Trinajstić information content (AvgIpc) is 3.14. The van der Waals surface area contributed by atoms with E-state index in [1.807, 2.05) is 7.05 Å². The summed E-state index contributed by atoms with van der Waals surface area (Å²) < 4.78 is 0. The van der Waals surface area contributed by atoms with Crippen molar-refractivity contribution >= 4 is 41.3 Å². The molecule has 4 nitrogen and oxygen atoms in total. The standard InChI is InChI=1S/C20H30N4S.HI/c1-16(12-13-17-9-6-5-7-10-17)23-20(21-2)22-15-18(24(3)4)19-11-8-14-25-19;/h5-11,14,16,18H,12-13,15H2,1-4H3,(H2,21,22,23);1H. The SMILES string of the molecule is CN=C(NCC(c1cccs1)N(C)C)NC(C)CCc1ccccc1.I. The van der Waals surface area contributed by atoms with E-state index in [-0.39, 0.29) is 24.0 Å². The number of hydrogen-bond donors (Lipinski definition) is 2. The third-order valence-electron chi connectivity index (χ3n) is 4.27. The molecule has 2 N–H and O–H groups in total. The zero-order valence-electron chi connectivity index (χ0n) is 16.1. The van der Waals surface area contributed by atoms with Crippen molar-refractivity contribution in [3.8, 4) is 0 Å². The molecule has 0 aliphatic rings. The van der Waals surface area contributed by atoms with Crippen molar-refractivity contribution in [3.05, 3.63) is 58.3 Å². The van der Waals surface area contributed by atoms with Gasteiger partial charge in [-0.3, -0.25) is 4.99 Å². The molecule has 1 aromatic carbocycles. The van der Waals surface area contributed by atoms with Crippen molar-refractivity contribution in [1.82, 2.24) is 15.5 Å². The Balaban J connectivity index is 0.00000338. The minimum absolute atomic E-state index is 0. The molecule has 0 fully saturated rings. The molecule has 1 heterocycles. The molecular weight excluding hydrogens is 455 g/mol. The summed E-state index contributed by atoms with van der Waals surface area (Å²) in [6.45, 7) is 3.04. The van der Waals surface area contributed by atoms with E-state index >= 15 is 0 Å². The van der Waals surface area contributed by atoms with Crippen molar-refractivity contribution in [2.45, 2.75) is 31.8 Å². The maximum atomic E-state index is 4.37. The van der Waals surface area contributed by atoms with E-state index in [0.717, 1.165) is 25.3 Å². The highest BCUT2D eigenvalue weighted by Crippen LogP contribution is 2.22. The summed E-state index contributed by atoms with van der Waals surface area (Å²) >= 11 is 1.80. The highest BCUT2D eigenvalue weighted by atomic mass is 127. The molecule has 0 radical (unpaired) electrons. The summed E-state index contributed by atoms with van der Waals surface area (Å²) in [5.41, 5.74) is 1.38. The Labute approximate surface area is 179 Å². The monoisotopic (exact) mass is 486 g/mol. The summed E-state index contributed by atoms with van der Waals surface area (Å²) in [5.74, 6) is 0.865. The minimum atomic E-state index is 0. The van der Waals surface area contributed by atoms with Crippen LogP contribution in [0.2, 0.25) is 0 Å². The first-order valence-electron chi connectivity index (χ1n) is 8.81. The molecule has 0 bridgehead atoms. The maximum Gasteiger partial charge on any atom is 0.191 e. The Morgan fingerprint density at radius 1 is 1.15 bits per heavy atom. The van der Waals surface area contributed by atoms with Crippen molar-refractivity contribution in [2.24, 2.45) is 4.99 Å². The van der Waals surface area contributed by atoms with Crippen LogP contribution in [0.15, 0.2) is 52.8 Å². The van der Waals surface area contributed by atoms with Crippen molar-refractivity contribution in [2.75, 3.05) is 27.7 Å². The number of guanidine groups is 1. The van der Waals surface area contributed by atoms with Crippen LogP contribution in [-0.4, -0.2) is 44.6 Å². The zero-order valence-corrected chi connectivity index (χ0v) is 19.3. The molecule has 1 aromatic heterocycles. The fourth-order valence-electron chi connectivity index (χ4n) is 2.74. The number of aryl methyl sites for hydroxylation is 1. The first-order chi connectivity index (χ1) is 12.1. The lowest BCUT2D eigenvalue weighted by molar-refractivity contribution is 0.302. The van der Waals surface area contributed by atoms with Gasteiger partial charge in [0.25, 0.3) is 0 Å². The van der Waals surface area contributed by atoms with Crippen LogP contribution in [-0.2, 0) is 6.42 Å². The third kappa shape index (κ3) is 7.63. The Kier molecular flexibility index (Phi) is 10.8. The zero-order chi connectivity index (χ0) is 18.1. The van der Waals surface area contributed by atoms with E-state index in [1.54, 1.807) is 11.3 Å². The smallest absolute Gasteiger partial charge is 0.191 e. The number of likely N-dealkylation sites (N-methyl/N-ethyl adjacent to an activating group) is 1. The molecule has 2 atom stereocenters. The van der Waals surface area contributed by atoms with E-state index in [9.17, 15) is 0 Å². The molecule has 0 aliphatic carbocycles. The molecule has 2 rings (SSSR count). The molecule has 0 saturated carbocycles. The second-order valence-corrected chi connectivity index (χ2v) is 7.50. The van der Waals surface area contributed by atoms with E-state index in [1.165, 1.54) is 10.4 Å². The molecule has 26 heavy (non-hydrogen) atoms. The van der Waals surface area contributed by atoms with Gasteiger partial charge in [0.15, 0.2) is 5.96 Å². The van der Waals surface area contributed by atoms with Crippen LogP contribution in [0.3, 0.4) is 0 Å². The Bertz CT molecular complexity index is 629. The summed E-state index contributed by atoms with van der Waals surface area (Å²) in [4.78, 5) is 7.98. The first kappa shape index (κ1) is 22.9. The highest BCUT2D eigenvalue weighted by Gasteiger charge is 2.16. The molecule has 0 aliphatic heterocycles. The fraction of sp³-hybridized carbons (Fsp3) is 0.450. The summed E-state index contributed by atoms with van der Waals surface area (Å²) in [7, 11) is 6.06. The van der Waals surface area contributed by atoms with Crippen LogP contribution in [0.4, 0.5) is 0 Å². The number of benzene rings is 1. The van der Waals surface area contributed by atoms with E-state index < -0.39 is 0 Å². The van der Waals surface area contributed by atoms with Gasteiger partial charge in [0.05, 0.1) is 6.04 Å². The van der Waals surface area contributed by atoms with Crippen LogP contribution in [0, 0.1) is 0 Å². The number of halogens is 1. The number of thiophene rings is 1. The van der Waals surface area contributed by atoms with Crippen LogP contribution in [0.25, 0.3) is 0 Å². The summed E-state index contributed by atoms with van der Waals surface area (Å²) in [6, 6.07) is 15.6. The van der Waals surface area contributed by atoms with Crippen molar-refractivity contribution in [3.63, 3.8) is 0 Å². The number of rotatable bonds is 8. The van der Waals surface area contributed by atoms with Crippen LogP contribution >= 0.6 is 35.3 Å². The summed E-state index contributed by atoms with van der Waals surface area (Å²) in [6.07, 6.45) is 2.15. The molecule has 2 unspecified atom stereocenters. The lowest BCUT2D eigenvalue weighted by atomic mass is 10.1. The van der Waals surface area contributed by atoms with Crippen LogP contribution in [0.5, 0.6) is 0 Å². The largest absolute Gasteiger partial charge is 0.354 e. The normalized spacial score (nSPS) is 13.8. The second-order valence-electron chi connectivity index (χ2n) is 6.52. The number of hydrogen-bond acceptors (Lipinski definition) is 3. The van der Waals surface area contributed by atoms with Crippen molar-refractivity contribution < 1.29 is 0 Å². The van der Waals surface area contributed by atoms with E-state index in [4.69, 9.17) is 0 Å². The van der Waals surface area contributed by atoms with Crippen LogP contribution in [0.1, 0.15) is 29.8 Å². The molecule has 144 valence electrons. The van der Waals surface area contributed by atoms with Crippen LogP contribution < -0.4 is 10.6 Å². The lowest BCUT2D eigenvalue weighted by Crippen LogP contribution is -2.45. The summed E-state index contributed by atoms with van der Waals surface area (Å²) in [5, 5.41) is 9.10. The highest BCUT2D eigenvalue weighted by molar-refractivity contribution is 14.0. The third-order valence-corrected chi connectivity index (χ3v) is 5.25. The quantitative estimate of drug-likeness (QED) is 0.335. The Morgan fingerprint density at radius 2 is 1.88 bits per heavy atom. The van der Waals surface area contributed by atoms with Gasteiger partial charge in [-0.05, 0) is 50.9 Å². The van der Waals surface area contributed by atoms with Gasteiger partial charge in [-0.25, -0.2) is 0 Å². The van der Waals surface area contributed by atoms with Gasteiger partial charge in [-0.15, -0.1) is 35.3 Å². The van der Waals surface area contributed by atoms with Gasteiger partial charge < -0.3 is 15.5 Å². The molecule has 0 spiro atoms. The molecule has 0 saturated heterocycles. The predicted octanol–water partition coefficient (Wildman–Crippen LogP) is 4.16. The van der Waals surface area contributed by atoms with Gasteiger partial charge in [-0.1, -0.05) is 36.4 Å². The maximum absolute atomic E-state index is 4.37. The van der Waals surface area contributed by atoms with E-state index in [2.05, 4.69) is 89.4 Å². The molecule has 6 heteroatoms. The number of aliphatic imine (C=N–C) groups is 1. The van der Waals surface area contributed by atoms with Gasteiger partial charge >= 0.3 is 0 Å². The second kappa shape index (κ2) is 12.3. The number of nitrogens with zero attached hydrogens (tertiary/aromatic N) is 2.